The van der Waals surface area contributed by atoms with Crippen molar-refractivity contribution in [1.82, 2.24) is 5.32 Å². The van der Waals surface area contributed by atoms with Crippen molar-refractivity contribution in [2.45, 2.75) is 59.1 Å². The van der Waals surface area contributed by atoms with Gasteiger partial charge in [-0.05, 0) is 69.9 Å². The van der Waals surface area contributed by atoms with Gasteiger partial charge in [0.05, 0.1) is 0 Å². The van der Waals surface area contributed by atoms with Gasteiger partial charge in [-0.3, -0.25) is 6.29 Å². The Bertz CT molecular complexity index is 952. The summed E-state index contributed by atoms with van der Waals surface area (Å²) in [6.45, 7) is 9.64. The van der Waals surface area contributed by atoms with Gasteiger partial charge in [-0.2, -0.15) is 0 Å². The molecular formula is C26H33ClFLiNO5-. The topological polar surface area (TPSA) is 94.6 Å². The molecule has 0 unspecified atom stereocenters. The van der Waals surface area contributed by atoms with Crippen LogP contribution in [0.3, 0.4) is 0 Å². The minimum absolute atomic E-state index is 0. The molecule has 2 N–H and O–H groups in total. The van der Waals surface area contributed by atoms with Crippen LogP contribution in [0.2, 0.25) is 5.02 Å². The molecule has 2 atom stereocenters. The summed E-state index contributed by atoms with van der Waals surface area (Å²) < 4.78 is 25.1. The predicted octanol–water partition coefficient (Wildman–Crippen LogP) is 2.95. The van der Waals surface area contributed by atoms with Crippen LogP contribution in [0.25, 0.3) is 11.1 Å². The van der Waals surface area contributed by atoms with Gasteiger partial charge in [-0.25, -0.2) is 9.18 Å². The van der Waals surface area contributed by atoms with Crippen LogP contribution in [-0.2, 0) is 20.7 Å². The predicted molar refractivity (Wildman–Crippen MR) is 131 cm³/mol. The first-order valence-corrected chi connectivity index (χ1v) is 11.3. The second kappa shape index (κ2) is 14.6. The maximum atomic E-state index is 14.2. The molecule has 6 nitrogen and oxygen atoms in total. The van der Waals surface area contributed by atoms with Crippen molar-refractivity contribution in [2.75, 3.05) is 13.2 Å². The van der Waals surface area contributed by atoms with E-state index in [2.05, 4.69) is 11.6 Å². The molecule has 0 bridgehead atoms. The molecule has 0 aliphatic heterocycles. The summed E-state index contributed by atoms with van der Waals surface area (Å²) in [5, 5.41) is 3.33. The zero-order valence-corrected chi connectivity index (χ0v) is 22.0. The summed E-state index contributed by atoms with van der Waals surface area (Å²) in [6, 6.07) is 11.4. The molecule has 0 heterocycles. The summed E-state index contributed by atoms with van der Waals surface area (Å²) in [5.41, 5.74) is 0.476. The van der Waals surface area contributed by atoms with Crippen LogP contribution in [0.4, 0.5) is 9.18 Å². The molecule has 1 amide bonds. The molecule has 0 aliphatic rings. The molecule has 0 spiro atoms. The van der Waals surface area contributed by atoms with Crippen LogP contribution in [-0.4, -0.2) is 42.7 Å². The van der Waals surface area contributed by atoms with Crippen LogP contribution >= 0.6 is 11.6 Å². The van der Waals surface area contributed by atoms with Crippen molar-refractivity contribution in [3.63, 3.8) is 0 Å². The normalized spacial score (nSPS) is 13.5. The van der Waals surface area contributed by atoms with Crippen molar-refractivity contribution >= 4 is 24.0 Å². The minimum atomic E-state index is -0.889. The molecule has 35 heavy (non-hydrogen) atoms. The van der Waals surface area contributed by atoms with E-state index in [0.717, 1.165) is 5.56 Å². The van der Waals surface area contributed by atoms with Crippen LogP contribution in [0.1, 0.15) is 46.6 Å². The Kier molecular flexibility index (Phi) is 13.8. The molecule has 0 radical (unpaired) electrons. The molecule has 2 aromatic carbocycles. The first-order chi connectivity index (χ1) is 15.4. The summed E-state index contributed by atoms with van der Waals surface area (Å²) in [6.07, 6.45) is 2.28. The molecule has 0 saturated carbocycles. The zero-order valence-electron chi connectivity index (χ0n) is 21.3. The van der Waals surface area contributed by atoms with E-state index in [0.29, 0.717) is 35.6 Å². The average Bonchev–Trinajstić information content (AvgIpc) is 2.73. The molecule has 0 aromatic heterocycles. The molecule has 0 fully saturated rings. The fourth-order valence-corrected chi connectivity index (χ4v) is 3.65. The Labute approximate surface area is 224 Å². The number of hydrogen-bond donors (Lipinski definition) is 1. The monoisotopic (exact) mass is 500 g/mol. The first-order valence-electron chi connectivity index (χ1n) is 11.0. The van der Waals surface area contributed by atoms with Gasteiger partial charge in [0.2, 0.25) is 0 Å². The van der Waals surface area contributed by atoms with Gasteiger partial charge in [0.25, 0.3) is 0 Å². The van der Waals surface area contributed by atoms with E-state index in [9.17, 15) is 14.0 Å². The quantitative estimate of drug-likeness (QED) is 0.400. The Hall–Kier alpha value is -1.88. The average molecular weight is 501 g/mol. The fraction of sp³-hybridized carbons (Fsp3) is 0.462. The van der Waals surface area contributed by atoms with E-state index >= 15 is 0 Å². The summed E-state index contributed by atoms with van der Waals surface area (Å²) in [4.78, 5) is 24.1. The van der Waals surface area contributed by atoms with Gasteiger partial charge in [-0.15, -0.1) is 5.41 Å². The van der Waals surface area contributed by atoms with Gasteiger partial charge < -0.3 is 25.1 Å². The third kappa shape index (κ3) is 11.1. The summed E-state index contributed by atoms with van der Waals surface area (Å²) >= 11 is 6.01. The number of hydrogen-bond acceptors (Lipinski definition) is 5. The molecule has 2 rings (SSSR count). The number of halogens is 2. The second-order valence-electron chi connectivity index (χ2n) is 9.37. The smallest absolute Gasteiger partial charge is 0.870 e. The minimum Gasteiger partial charge on any atom is -0.870 e. The van der Waals surface area contributed by atoms with Gasteiger partial charge in [0.15, 0.2) is 0 Å². The Balaban J connectivity index is 0.00000578. The number of rotatable bonds is 10. The van der Waals surface area contributed by atoms with Crippen molar-refractivity contribution in [2.24, 2.45) is 5.41 Å². The third-order valence-electron chi connectivity index (χ3n) is 4.96. The van der Waals surface area contributed by atoms with Gasteiger partial charge in [0, 0.05) is 29.8 Å². The molecule has 2 aromatic rings. The maximum Gasteiger partial charge on any atom is 1.00 e. The Morgan fingerprint density at radius 2 is 1.77 bits per heavy atom. The fourth-order valence-electron chi connectivity index (χ4n) is 3.47. The van der Waals surface area contributed by atoms with Crippen molar-refractivity contribution < 1.29 is 47.8 Å². The van der Waals surface area contributed by atoms with Crippen LogP contribution in [0, 0.1) is 11.2 Å². The van der Waals surface area contributed by atoms with E-state index in [1.54, 1.807) is 45.9 Å². The van der Waals surface area contributed by atoms with Crippen molar-refractivity contribution in [1.29, 1.82) is 0 Å². The van der Waals surface area contributed by atoms with Crippen molar-refractivity contribution in [3.05, 3.63) is 58.9 Å². The van der Waals surface area contributed by atoms with Gasteiger partial charge in [0.1, 0.15) is 11.4 Å². The maximum absolute atomic E-state index is 14.2. The third-order valence-corrected chi connectivity index (χ3v) is 5.20. The van der Waals surface area contributed by atoms with Gasteiger partial charge >= 0.3 is 25.0 Å². The first kappa shape index (κ1) is 33.1. The molecule has 9 heteroatoms. The van der Waals surface area contributed by atoms with E-state index in [4.69, 9.17) is 21.1 Å². The number of nitrogens with one attached hydrogen (secondary N) is 1. The number of amides is 1. The van der Waals surface area contributed by atoms with Crippen molar-refractivity contribution in [3.8, 4) is 11.1 Å². The van der Waals surface area contributed by atoms with Crippen LogP contribution < -0.4 is 24.2 Å². The van der Waals surface area contributed by atoms with E-state index in [1.165, 1.54) is 12.1 Å². The zero-order chi connectivity index (χ0) is 24.6. The van der Waals surface area contributed by atoms with E-state index in [1.807, 2.05) is 19.1 Å². The van der Waals surface area contributed by atoms with Crippen LogP contribution in [0.5, 0.6) is 0 Å². The second-order valence-corrected chi connectivity index (χ2v) is 9.81. The molecule has 188 valence electrons. The van der Waals surface area contributed by atoms with E-state index in [-0.39, 0.29) is 36.8 Å². The SMILES string of the molecule is CCOC[C@@](C)([C-]=O)C[C@@H](Cc1ccc(-c2cc(Cl)ccc2F)cc1)NC(=O)OC(C)(C)C.[Li+].[OH-]. The van der Waals surface area contributed by atoms with Crippen LogP contribution in [0.15, 0.2) is 42.5 Å². The Morgan fingerprint density at radius 1 is 1.14 bits per heavy atom. The summed E-state index contributed by atoms with van der Waals surface area (Å²) in [5.74, 6) is -0.357. The number of benzene rings is 2. The molecular weight excluding hydrogens is 468 g/mol. The molecule has 0 aliphatic carbocycles. The van der Waals surface area contributed by atoms with Gasteiger partial charge in [-0.1, -0.05) is 42.8 Å². The molecule has 0 saturated heterocycles. The Morgan fingerprint density at radius 3 is 2.31 bits per heavy atom. The number of carbonyl (C=O) groups is 1. The van der Waals surface area contributed by atoms with E-state index < -0.39 is 23.2 Å². The number of alkyl carbamates (subject to hydrolysis) is 1. The largest absolute Gasteiger partial charge is 1.00 e. The standard InChI is InChI=1S/C26H32ClFNO4.Li.H2O/c1-6-32-17-26(5,16-30)15-21(29-24(31)33-25(2,3)4)13-18-7-9-19(10-8-18)22-14-20(27)11-12-23(22)28;;/h7-12,14,21H,6,13,15,17H2,1-5H3,(H,29,31);;1H2/q-1;+1;/p-1/t21-,26-;;/m1../s1. The number of carbonyl (C=O) groups excluding carboxylic acids is 2. The number of ether oxygens (including phenoxy) is 2. The summed E-state index contributed by atoms with van der Waals surface area (Å²) in [7, 11) is 0.